The van der Waals surface area contributed by atoms with Crippen LogP contribution in [-0.2, 0) is 19.0 Å². The number of aromatic nitrogens is 1. The van der Waals surface area contributed by atoms with Crippen LogP contribution in [-0.4, -0.2) is 10.1 Å². The lowest BCUT2D eigenvalue weighted by molar-refractivity contribution is -0.141. The Kier molecular flexibility index (Phi) is 4.15. The molecule has 8 heteroatoms. The van der Waals surface area contributed by atoms with E-state index in [1.165, 1.54) is 6.07 Å². The third-order valence-corrected chi connectivity index (χ3v) is 2.89. The second-order valence-corrected chi connectivity index (χ2v) is 4.50. The van der Waals surface area contributed by atoms with Crippen LogP contribution in [0.2, 0.25) is 0 Å². The van der Waals surface area contributed by atoms with E-state index in [1.807, 2.05) is 0 Å². The molecule has 0 fully saturated rings. The van der Waals surface area contributed by atoms with Crippen molar-refractivity contribution < 1.29 is 31.4 Å². The van der Waals surface area contributed by atoms with Gasteiger partial charge in [-0.2, -0.15) is 26.3 Å². The molecular formula is C14H9F6NO. The third-order valence-electron chi connectivity index (χ3n) is 2.89. The van der Waals surface area contributed by atoms with Crippen molar-refractivity contribution in [1.29, 1.82) is 0 Å². The summed E-state index contributed by atoms with van der Waals surface area (Å²) in [6.07, 6.45) is -8.40. The van der Waals surface area contributed by atoms with Gasteiger partial charge >= 0.3 is 12.4 Å². The predicted octanol–water partition coefficient (Wildman–Crippen LogP) is 4.28. The number of hydrogen-bond acceptors (Lipinski definition) is 2. The fourth-order valence-electron chi connectivity index (χ4n) is 1.85. The van der Waals surface area contributed by atoms with Gasteiger partial charge in [-0.1, -0.05) is 6.07 Å². The first kappa shape index (κ1) is 16.3. The Labute approximate surface area is 121 Å². The minimum atomic E-state index is -4.63. The minimum Gasteiger partial charge on any atom is -0.392 e. The summed E-state index contributed by atoms with van der Waals surface area (Å²) in [6, 6.07) is 4.56. The first-order chi connectivity index (χ1) is 10.1. The molecule has 1 heterocycles. The number of hydrogen-bond donors (Lipinski definition) is 1. The zero-order valence-electron chi connectivity index (χ0n) is 10.8. The standard InChI is InChI=1S/C14H9F6NO/c15-13(16,17)11-4-8(7-22)3-10(5-11)9-1-2-12(21-6-9)14(18,19)20/h1-6,22H,7H2. The number of halogens is 6. The highest BCUT2D eigenvalue weighted by molar-refractivity contribution is 5.64. The zero-order chi connectivity index (χ0) is 16.5. The van der Waals surface area contributed by atoms with Crippen molar-refractivity contribution in [3.63, 3.8) is 0 Å². The fourth-order valence-corrected chi connectivity index (χ4v) is 1.85. The molecule has 0 aliphatic rings. The lowest BCUT2D eigenvalue weighted by atomic mass is 10.0. The highest BCUT2D eigenvalue weighted by Gasteiger charge is 2.33. The number of pyridine rings is 1. The minimum absolute atomic E-state index is 0.00437. The maximum atomic E-state index is 12.8. The topological polar surface area (TPSA) is 33.1 Å². The van der Waals surface area contributed by atoms with Gasteiger partial charge in [0.1, 0.15) is 5.69 Å². The van der Waals surface area contributed by atoms with Crippen molar-refractivity contribution in [2.24, 2.45) is 0 Å². The third kappa shape index (κ3) is 3.56. The van der Waals surface area contributed by atoms with Gasteiger partial charge in [-0.15, -0.1) is 0 Å². The lowest BCUT2D eigenvalue weighted by Crippen LogP contribution is -2.08. The molecule has 1 aromatic carbocycles. The smallest absolute Gasteiger partial charge is 0.392 e. The summed E-state index contributed by atoms with van der Waals surface area (Å²) in [7, 11) is 0. The van der Waals surface area contributed by atoms with Gasteiger partial charge in [0, 0.05) is 11.8 Å². The second kappa shape index (κ2) is 5.60. The van der Waals surface area contributed by atoms with Crippen molar-refractivity contribution in [3.8, 4) is 11.1 Å². The van der Waals surface area contributed by atoms with Crippen LogP contribution < -0.4 is 0 Å². The van der Waals surface area contributed by atoms with Crippen LogP contribution >= 0.6 is 0 Å². The summed E-state index contributed by atoms with van der Waals surface area (Å²) < 4.78 is 75.6. The van der Waals surface area contributed by atoms with E-state index < -0.39 is 30.2 Å². The van der Waals surface area contributed by atoms with E-state index in [9.17, 15) is 26.3 Å². The molecule has 1 N–H and O–H groups in total. The van der Waals surface area contributed by atoms with Crippen molar-refractivity contribution in [2.75, 3.05) is 0 Å². The summed E-state index contributed by atoms with van der Waals surface area (Å²) in [5.41, 5.74) is -2.00. The van der Waals surface area contributed by atoms with Gasteiger partial charge in [0.15, 0.2) is 0 Å². The zero-order valence-corrected chi connectivity index (χ0v) is 10.8. The molecular weight excluding hydrogens is 312 g/mol. The molecule has 0 saturated carbocycles. The Balaban J connectivity index is 2.48. The maximum Gasteiger partial charge on any atom is 0.433 e. The van der Waals surface area contributed by atoms with Crippen molar-refractivity contribution >= 4 is 0 Å². The number of nitrogens with zero attached hydrogens (tertiary/aromatic N) is 1. The van der Waals surface area contributed by atoms with Gasteiger partial charge in [0.2, 0.25) is 0 Å². The first-order valence-electron chi connectivity index (χ1n) is 5.97. The Morgan fingerprint density at radius 3 is 2.00 bits per heavy atom. The summed E-state index contributed by atoms with van der Waals surface area (Å²) in [5.74, 6) is 0. The van der Waals surface area contributed by atoms with Crippen LogP contribution in [0.25, 0.3) is 11.1 Å². The molecule has 0 saturated heterocycles. The van der Waals surface area contributed by atoms with Gasteiger partial charge in [-0.05, 0) is 35.4 Å². The molecule has 22 heavy (non-hydrogen) atoms. The molecule has 0 amide bonds. The van der Waals surface area contributed by atoms with E-state index in [2.05, 4.69) is 4.98 Å². The summed E-state index contributed by atoms with van der Waals surface area (Å²) in [4.78, 5) is 3.20. The van der Waals surface area contributed by atoms with E-state index in [0.717, 1.165) is 24.4 Å². The molecule has 1 aromatic heterocycles. The van der Waals surface area contributed by atoms with Gasteiger partial charge in [0.25, 0.3) is 0 Å². The number of alkyl halides is 6. The van der Waals surface area contributed by atoms with Crippen LogP contribution in [0.3, 0.4) is 0 Å². The molecule has 2 nitrogen and oxygen atoms in total. The van der Waals surface area contributed by atoms with E-state index in [-0.39, 0.29) is 16.7 Å². The number of aliphatic hydroxyl groups is 1. The Morgan fingerprint density at radius 1 is 0.864 bits per heavy atom. The molecule has 0 unspecified atom stereocenters. The fraction of sp³-hybridized carbons (Fsp3) is 0.214. The number of rotatable bonds is 2. The molecule has 0 radical (unpaired) electrons. The van der Waals surface area contributed by atoms with Gasteiger partial charge < -0.3 is 5.11 Å². The van der Waals surface area contributed by atoms with E-state index >= 15 is 0 Å². The molecule has 0 bridgehead atoms. The van der Waals surface area contributed by atoms with Crippen molar-refractivity contribution in [2.45, 2.75) is 19.0 Å². The molecule has 0 atom stereocenters. The molecule has 2 aromatic rings. The molecule has 0 spiro atoms. The quantitative estimate of drug-likeness (QED) is 0.838. The Hall–Kier alpha value is -2.09. The lowest BCUT2D eigenvalue weighted by Gasteiger charge is -2.12. The highest BCUT2D eigenvalue weighted by Crippen LogP contribution is 2.34. The van der Waals surface area contributed by atoms with Crippen LogP contribution in [0.15, 0.2) is 36.5 Å². The van der Waals surface area contributed by atoms with E-state index in [4.69, 9.17) is 5.11 Å². The molecule has 118 valence electrons. The average molecular weight is 321 g/mol. The Morgan fingerprint density at radius 2 is 1.55 bits per heavy atom. The number of benzene rings is 1. The second-order valence-electron chi connectivity index (χ2n) is 4.50. The largest absolute Gasteiger partial charge is 0.433 e. The van der Waals surface area contributed by atoms with Gasteiger partial charge in [-0.25, -0.2) is 0 Å². The maximum absolute atomic E-state index is 12.8. The first-order valence-corrected chi connectivity index (χ1v) is 5.97. The predicted molar refractivity (Wildman–Crippen MR) is 65.6 cm³/mol. The van der Waals surface area contributed by atoms with E-state index in [1.54, 1.807) is 0 Å². The van der Waals surface area contributed by atoms with Crippen LogP contribution in [0.1, 0.15) is 16.8 Å². The van der Waals surface area contributed by atoms with Crippen molar-refractivity contribution in [1.82, 2.24) is 4.98 Å². The molecule has 2 rings (SSSR count). The summed E-state index contributed by atoms with van der Waals surface area (Å²) >= 11 is 0. The summed E-state index contributed by atoms with van der Waals surface area (Å²) in [5, 5.41) is 9.02. The highest BCUT2D eigenvalue weighted by atomic mass is 19.4. The van der Waals surface area contributed by atoms with Crippen molar-refractivity contribution in [3.05, 3.63) is 53.3 Å². The van der Waals surface area contributed by atoms with Crippen LogP contribution in [0, 0.1) is 0 Å². The normalized spacial score (nSPS) is 12.5. The molecule has 0 aliphatic heterocycles. The van der Waals surface area contributed by atoms with E-state index in [0.29, 0.717) is 6.07 Å². The van der Waals surface area contributed by atoms with Crippen LogP contribution in [0.5, 0.6) is 0 Å². The summed E-state index contributed by atoms with van der Waals surface area (Å²) in [6.45, 7) is -0.620. The number of aliphatic hydroxyl groups excluding tert-OH is 1. The monoisotopic (exact) mass is 321 g/mol. The molecule has 0 aliphatic carbocycles. The van der Waals surface area contributed by atoms with Crippen LogP contribution in [0.4, 0.5) is 26.3 Å². The SMILES string of the molecule is OCc1cc(-c2ccc(C(F)(F)F)nc2)cc(C(F)(F)F)c1. The average Bonchev–Trinajstić information content (AvgIpc) is 2.45. The van der Waals surface area contributed by atoms with Gasteiger partial charge in [-0.3, -0.25) is 4.98 Å². The van der Waals surface area contributed by atoms with Gasteiger partial charge in [0.05, 0.1) is 12.2 Å². The Bertz CT molecular complexity index is 661.